The van der Waals surface area contributed by atoms with Crippen molar-refractivity contribution in [1.82, 2.24) is 4.57 Å². The van der Waals surface area contributed by atoms with Crippen LogP contribution in [0.1, 0.15) is 194 Å². The molecule has 1 aromatic heterocycles. The van der Waals surface area contributed by atoms with Crippen LogP contribution in [0.5, 0.6) is 0 Å². The Labute approximate surface area is 234 Å². The predicted octanol–water partition coefficient (Wildman–Crippen LogP) is 11.5. The molecule has 0 aliphatic carbocycles. The Morgan fingerprint density at radius 1 is 0.459 bits per heavy atom. The first-order valence-electron chi connectivity index (χ1n) is 17.4. The number of nitrogens with zero attached hydrogens (tertiary/aromatic N) is 2. The van der Waals surface area contributed by atoms with E-state index in [9.17, 15) is 0 Å². The standard InChI is InChI=1S/C35H69N2/c1-4-7-10-13-16-18-19-20-21-22-24-27-30-35-36(31-28-25-15-12-9-6-3)33-34-37(35)32-29-26-23-17-14-11-8-5-2/h33-34H,4-32H2,1-3H3/q+1. The van der Waals surface area contributed by atoms with Crippen molar-refractivity contribution < 1.29 is 4.57 Å². The minimum absolute atomic E-state index is 1.23. The first-order chi connectivity index (χ1) is 18.3. The molecule has 37 heavy (non-hydrogen) atoms. The van der Waals surface area contributed by atoms with Crippen molar-refractivity contribution in [1.29, 1.82) is 0 Å². The third-order valence-electron chi connectivity index (χ3n) is 8.35. The van der Waals surface area contributed by atoms with Gasteiger partial charge in [0.2, 0.25) is 0 Å². The fourth-order valence-corrected chi connectivity index (χ4v) is 5.80. The summed E-state index contributed by atoms with van der Waals surface area (Å²) in [4.78, 5) is 0. The summed E-state index contributed by atoms with van der Waals surface area (Å²) in [6, 6.07) is 0. The maximum Gasteiger partial charge on any atom is 0.256 e. The van der Waals surface area contributed by atoms with Gasteiger partial charge in [-0.3, -0.25) is 0 Å². The fraction of sp³-hybridized carbons (Fsp3) is 0.914. The van der Waals surface area contributed by atoms with Gasteiger partial charge in [-0.2, -0.15) is 0 Å². The third kappa shape index (κ3) is 19.9. The molecular formula is C35H69N2+. The van der Waals surface area contributed by atoms with E-state index in [0.29, 0.717) is 0 Å². The van der Waals surface area contributed by atoms with Crippen LogP contribution in [0.3, 0.4) is 0 Å². The Kier molecular flexibility index (Phi) is 24.8. The number of unbranched alkanes of at least 4 members (excludes halogenated alkanes) is 23. The van der Waals surface area contributed by atoms with Gasteiger partial charge in [-0.1, -0.05) is 156 Å². The second-order valence-electron chi connectivity index (χ2n) is 12.0. The summed E-state index contributed by atoms with van der Waals surface area (Å²) in [5, 5.41) is 0. The lowest BCUT2D eigenvalue weighted by Crippen LogP contribution is -2.37. The molecule has 0 radical (unpaired) electrons. The van der Waals surface area contributed by atoms with Crippen LogP contribution < -0.4 is 4.57 Å². The zero-order valence-corrected chi connectivity index (χ0v) is 26.1. The molecule has 0 fully saturated rings. The molecule has 0 aliphatic heterocycles. The smallest absolute Gasteiger partial charge is 0.234 e. The summed E-state index contributed by atoms with van der Waals surface area (Å²) < 4.78 is 5.23. The Bertz CT molecular complexity index is 576. The summed E-state index contributed by atoms with van der Waals surface area (Å²) in [5.41, 5.74) is 0. The van der Waals surface area contributed by atoms with Gasteiger partial charge in [0.25, 0.3) is 5.82 Å². The molecular weight excluding hydrogens is 448 g/mol. The largest absolute Gasteiger partial charge is 0.256 e. The molecule has 2 heteroatoms. The van der Waals surface area contributed by atoms with E-state index in [2.05, 4.69) is 42.3 Å². The SMILES string of the molecule is CCCCCCCCCCCCCCc1n(CCCCCCCC)cc[n+]1CCCCCCCCCC. The zero-order chi connectivity index (χ0) is 26.7. The van der Waals surface area contributed by atoms with Gasteiger partial charge in [0, 0.05) is 6.42 Å². The second-order valence-corrected chi connectivity index (χ2v) is 12.0. The van der Waals surface area contributed by atoms with Crippen molar-refractivity contribution in [2.45, 2.75) is 207 Å². The molecule has 1 aromatic rings. The summed E-state index contributed by atoms with van der Waals surface area (Å²) in [6.07, 6.45) is 42.9. The first kappa shape index (κ1) is 34.2. The number of aryl methyl sites for hydroxylation is 2. The molecule has 218 valence electrons. The van der Waals surface area contributed by atoms with Gasteiger partial charge in [0.05, 0.1) is 13.1 Å². The molecule has 0 saturated heterocycles. The van der Waals surface area contributed by atoms with Gasteiger partial charge < -0.3 is 0 Å². The van der Waals surface area contributed by atoms with Crippen LogP contribution >= 0.6 is 0 Å². The number of hydrogen-bond donors (Lipinski definition) is 0. The lowest BCUT2D eigenvalue weighted by molar-refractivity contribution is -0.704. The van der Waals surface area contributed by atoms with E-state index in [4.69, 9.17) is 0 Å². The van der Waals surface area contributed by atoms with Crippen LogP contribution in [0.2, 0.25) is 0 Å². The van der Waals surface area contributed by atoms with Crippen molar-refractivity contribution in [3.63, 3.8) is 0 Å². The van der Waals surface area contributed by atoms with Crippen molar-refractivity contribution in [2.24, 2.45) is 0 Å². The second kappa shape index (κ2) is 26.8. The average Bonchev–Trinajstić information content (AvgIpc) is 3.29. The Balaban J connectivity index is 2.30. The lowest BCUT2D eigenvalue weighted by Gasteiger charge is -2.07. The highest BCUT2D eigenvalue weighted by Gasteiger charge is 2.16. The summed E-state index contributed by atoms with van der Waals surface area (Å²) in [5.74, 6) is 1.61. The van der Waals surface area contributed by atoms with Gasteiger partial charge >= 0.3 is 0 Å². The predicted molar refractivity (Wildman–Crippen MR) is 165 cm³/mol. The van der Waals surface area contributed by atoms with Gasteiger partial charge in [-0.15, -0.1) is 0 Å². The molecule has 0 atom stereocenters. The van der Waals surface area contributed by atoms with Crippen molar-refractivity contribution >= 4 is 0 Å². The van der Waals surface area contributed by atoms with E-state index in [1.165, 1.54) is 186 Å². The van der Waals surface area contributed by atoms with Crippen LogP contribution in [0.4, 0.5) is 0 Å². The van der Waals surface area contributed by atoms with E-state index in [0.717, 1.165) is 0 Å². The highest BCUT2D eigenvalue weighted by Crippen LogP contribution is 2.14. The van der Waals surface area contributed by atoms with E-state index >= 15 is 0 Å². The average molecular weight is 518 g/mol. The fourth-order valence-electron chi connectivity index (χ4n) is 5.80. The molecule has 0 aliphatic rings. The maximum absolute atomic E-state index is 2.62. The van der Waals surface area contributed by atoms with Crippen LogP contribution in [0.25, 0.3) is 0 Å². The zero-order valence-electron chi connectivity index (χ0n) is 26.1. The normalized spacial score (nSPS) is 11.5. The van der Waals surface area contributed by atoms with Crippen molar-refractivity contribution in [3.8, 4) is 0 Å². The molecule has 1 rings (SSSR count). The number of rotatable bonds is 29. The maximum atomic E-state index is 2.62. The monoisotopic (exact) mass is 518 g/mol. The van der Waals surface area contributed by atoms with Gasteiger partial charge in [-0.05, 0) is 32.1 Å². The Morgan fingerprint density at radius 2 is 0.838 bits per heavy atom. The van der Waals surface area contributed by atoms with E-state index in [-0.39, 0.29) is 0 Å². The van der Waals surface area contributed by atoms with Crippen LogP contribution in [-0.2, 0) is 19.5 Å². The van der Waals surface area contributed by atoms with Crippen LogP contribution in [0, 0.1) is 0 Å². The Hall–Kier alpha value is -0.790. The molecule has 0 amide bonds. The van der Waals surface area contributed by atoms with Crippen molar-refractivity contribution in [2.75, 3.05) is 0 Å². The first-order valence-corrected chi connectivity index (χ1v) is 17.4. The Morgan fingerprint density at radius 3 is 1.30 bits per heavy atom. The molecule has 0 bridgehead atoms. The minimum atomic E-state index is 1.23. The van der Waals surface area contributed by atoms with Gasteiger partial charge in [0.15, 0.2) is 0 Å². The number of imidazole rings is 1. The number of hydrogen-bond acceptors (Lipinski definition) is 0. The molecule has 0 aromatic carbocycles. The van der Waals surface area contributed by atoms with Crippen LogP contribution in [-0.4, -0.2) is 4.57 Å². The van der Waals surface area contributed by atoms with Gasteiger partial charge in [-0.25, -0.2) is 9.13 Å². The quantitative estimate of drug-likeness (QED) is 0.0737. The molecule has 0 spiro atoms. The van der Waals surface area contributed by atoms with E-state index in [1.54, 1.807) is 5.82 Å². The molecule has 0 N–H and O–H groups in total. The highest BCUT2D eigenvalue weighted by atomic mass is 15.1. The van der Waals surface area contributed by atoms with Gasteiger partial charge in [0.1, 0.15) is 12.4 Å². The van der Waals surface area contributed by atoms with E-state index in [1.807, 2.05) is 0 Å². The van der Waals surface area contributed by atoms with E-state index < -0.39 is 0 Å². The topological polar surface area (TPSA) is 8.81 Å². The summed E-state index contributed by atoms with van der Waals surface area (Å²) in [6.45, 7) is 9.39. The van der Waals surface area contributed by atoms with Crippen LogP contribution in [0.15, 0.2) is 12.4 Å². The molecule has 0 saturated carbocycles. The minimum Gasteiger partial charge on any atom is -0.234 e. The summed E-state index contributed by atoms with van der Waals surface area (Å²) >= 11 is 0. The van der Waals surface area contributed by atoms with Crippen molar-refractivity contribution in [3.05, 3.63) is 18.2 Å². The molecule has 2 nitrogen and oxygen atoms in total. The highest BCUT2D eigenvalue weighted by molar-refractivity contribution is 4.84. The lowest BCUT2D eigenvalue weighted by atomic mass is 10.0. The number of aromatic nitrogens is 2. The molecule has 1 heterocycles. The third-order valence-corrected chi connectivity index (χ3v) is 8.35. The molecule has 0 unspecified atom stereocenters. The summed E-state index contributed by atoms with van der Waals surface area (Å²) in [7, 11) is 0.